The number of hydrogen-bond acceptors (Lipinski definition) is 6. The van der Waals surface area contributed by atoms with Gasteiger partial charge < -0.3 is 26.4 Å². The molecule has 0 aromatic heterocycles. The van der Waals surface area contributed by atoms with Crippen LogP contribution in [0.2, 0.25) is 0 Å². The van der Waals surface area contributed by atoms with Gasteiger partial charge in [-0.2, -0.15) is 0 Å². The van der Waals surface area contributed by atoms with Crippen LogP contribution >= 0.6 is 0 Å². The zero-order chi connectivity index (χ0) is 24.0. The number of methoxy groups -OCH3 is 1. The van der Waals surface area contributed by atoms with Gasteiger partial charge in [0.05, 0.1) is 12.1 Å². The number of rotatable bonds is 11. The first kappa shape index (κ1) is 28.2. The van der Waals surface area contributed by atoms with Crippen molar-refractivity contribution in [2.45, 2.75) is 76.9 Å². The maximum Gasteiger partial charge on any atom is 0.252 e. The van der Waals surface area contributed by atoms with Crippen LogP contribution in [0.3, 0.4) is 0 Å². The molecule has 1 aliphatic rings. The van der Waals surface area contributed by atoms with E-state index in [0.29, 0.717) is 11.6 Å². The Morgan fingerprint density at radius 3 is 2.22 bits per heavy atom. The average molecular weight is 449 g/mol. The summed E-state index contributed by atoms with van der Waals surface area (Å²) in [6.45, 7) is 8.48. The van der Waals surface area contributed by atoms with Gasteiger partial charge in [0.1, 0.15) is 0 Å². The highest BCUT2D eigenvalue weighted by Gasteiger charge is 2.38. The standard InChI is InChI=1S/C17H24N2O2.C8H20N2O/c1-12(18)14-6-8-15(9-7-14)16(21)19-17(13(2)20)10-4-3-5-11-17;1-8(4-5-9-2)10-6-7-11-3/h6-9,12H,3-5,10-11,18H2,1-2H3,(H,19,21);8-10H,4-7H2,1-3H3. The minimum Gasteiger partial charge on any atom is -0.383 e. The van der Waals surface area contributed by atoms with E-state index < -0.39 is 5.54 Å². The zero-order valence-corrected chi connectivity index (χ0v) is 20.6. The molecule has 2 rings (SSSR count). The van der Waals surface area contributed by atoms with Gasteiger partial charge in [0, 0.05) is 31.3 Å². The molecule has 1 aromatic rings. The largest absolute Gasteiger partial charge is 0.383 e. The Balaban J connectivity index is 0.000000396. The highest BCUT2D eigenvalue weighted by atomic mass is 16.5. The van der Waals surface area contributed by atoms with E-state index in [9.17, 15) is 9.59 Å². The third-order valence-electron chi connectivity index (χ3n) is 6.06. The van der Waals surface area contributed by atoms with Crippen molar-refractivity contribution in [2.24, 2.45) is 5.73 Å². The third kappa shape index (κ3) is 9.77. The molecule has 182 valence electrons. The summed E-state index contributed by atoms with van der Waals surface area (Å²) in [7, 11) is 3.70. The minimum atomic E-state index is -0.671. The Labute approximate surface area is 194 Å². The minimum absolute atomic E-state index is 0.0518. The van der Waals surface area contributed by atoms with Crippen LogP contribution in [0.5, 0.6) is 0 Å². The number of Topliss-reactive ketones (excluding diaryl/α,β-unsaturated/α-hetero) is 1. The molecular formula is C25H44N4O3. The Morgan fingerprint density at radius 1 is 1.09 bits per heavy atom. The molecule has 0 radical (unpaired) electrons. The molecule has 1 aromatic carbocycles. The lowest BCUT2D eigenvalue weighted by Crippen LogP contribution is -2.54. The topological polar surface area (TPSA) is 105 Å². The van der Waals surface area contributed by atoms with Crippen molar-refractivity contribution >= 4 is 11.7 Å². The monoisotopic (exact) mass is 448 g/mol. The lowest BCUT2D eigenvalue weighted by Gasteiger charge is -2.35. The Morgan fingerprint density at radius 2 is 1.72 bits per heavy atom. The predicted molar refractivity (Wildman–Crippen MR) is 131 cm³/mol. The molecule has 7 nitrogen and oxygen atoms in total. The van der Waals surface area contributed by atoms with Gasteiger partial charge in [0.2, 0.25) is 0 Å². The maximum atomic E-state index is 12.4. The van der Waals surface area contributed by atoms with Crippen LogP contribution in [0.15, 0.2) is 24.3 Å². The van der Waals surface area contributed by atoms with Crippen molar-refractivity contribution in [1.82, 2.24) is 16.0 Å². The molecule has 1 aliphatic carbocycles. The third-order valence-corrected chi connectivity index (χ3v) is 6.06. The molecule has 0 saturated heterocycles. The molecule has 2 unspecified atom stereocenters. The second-order valence-corrected chi connectivity index (χ2v) is 8.80. The van der Waals surface area contributed by atoms with Crippen LogP contribution in [0.1, 0.15) is 81.3 Å². The number of nitrogens with two attached hydrogens (primary N) is 1. The fraction of sp³-hybridized carbons (Fsp3) is 0.680. The second kappa shape index (κ2) is 15.1. The molecule has 7 heteroatoms. The van der Waals surface area contributed by atoms with Crippen LogP contribution in [0, 0.1) is 0 Å². The van der Waals surface area contributed by atoms with E-state index in [4.69, 9.17) is 10.5 Å². The first-order chi connectivity index (χ1) is 15.3. The predicted octanol–water partition coefficient (Wildman–Crippen LogP) is 2.95. The summed E-state index contributed by atoms with van der Waals surface area (Å²) in [6, 6.07) is 7.79. The van der Waals surface area contributed by atoms with Gasteiger partial charge in [-0.1, -0.05) is 31.4 Å². The Bertz CT molecular complexity index is 670. The van der Waals surface area contributed by atoms with Crippen molar-refractivity contribution in [3.63, 3.8) is 0 Å². The molecule has 0 bridgehead atoms. The average Bonchev–Trinajstić information content (AvgIpc) is 2.79. The zero-order valence-electron chi connectivity index (χ0n) is 20.6. The fourth-order valence-corrected chi connectivity index (χ4v) is 3.82. The summed E-state index contributed by atoms with van der Waals surface area (Å²) in [5.41, 5.74) is 6.70. The van der Waals surface area contributed by atoms with E-state index in [2.05, 4.69) is 22.9 Å². The van der Waals surface area contributed by atoms with Gasteiger partial charge in [0.25, 0.3) is 5.91 Å². The van der Waals surface area contributed by atoms with Crippen LogP contribution in [0.25, 0.3) is 0 Å². The molecule has 1 fully saturated rings. The smallest absolute Gasteiger partial charge is 0.252 e. The van der Waals surface area contributed by atoms with Crippen molar-refractivity contribution in [2.75, 3.05) is 33.9 Å². The molecule has 5 N–H and O–H groups in total. The number of carbonyl (C=O) groups is 2. The number of hydrogen-bond donors (Lipinski definition) is 4. The fourth-order valence-electron chi connectivity index (χ4n) is 3.82. The lowest BCUT2D eigenvalue weighted by molar-refractivity contribution is -0.124. The molecule has 32 heavy (non-hydrogen) atoms. The Kier molecular flexibility index (Phi) is 13.3. The summed E-state index contributed by atoms with van der Waals surface area (Å²) >= 11 is 0. The summed E-state index contributed by atoms with van der Waals surface area (Å²) < 4.78 is 4.92. The van der Waals surface area contributed by atoms with E-state index in [1.165, 1.54) is 6.42 Å². The molecule has 1 saturated carbocycles. The van der Waals surface area contributed by atoms with Crippen molar-refractivity contribution < 1.29 is 14.3 Å². The highest BCUT2D eigenvalue weighted by Crippen LogP contribution is 2.29. The normalized spacial score (nSPS) is 16.9. The van der Waals surface area contributed by atoms with E-state index >= 15 is 0 Å². The van der Waals surface area contributed by atoms with Crippen LogP contribution in [-0.4, -0.2) is 57.1 Å². The van der Waals surface area contributed by atoms with Crippen molar-refractivity contribution in [3.8, 4) is 0 Å². The number of ether oxygens (including phenoxy) is 1. The first-order valence-electron chi connectivity index (χ1n) is 11.8. The van der Waals surface area contributed by atoms with Crippen LogP contribution in [0.4, 0.5) is 0 Å². The molecule has 0 heterocycles. The van der Waals surface area contributed by atoms with E-state index in [1.54, 1.807) is 26.2 Å². The molecule has 0 aliphatic heterocycles. The number of nitrogens with one attached hydrogen (secondary N) is 3. The van der Waals surface area contributed by atoms with E-state index in [0.717, 1.165) is 57.4 Å². The van der Waals surface area contributed by atoms with Gasteiger partial charge in [0.15, 0.2) is 5.78 Å². The molecule has 2 atom stereocenters. The quantitative estimate of drug-likeness (QED) is 0.388. The van der Waals surface area contributed by atoms with E-state index in [1.807, 2.05) is 26.1 Å². The lowest BCUT2D eigenvalue weighted by atomic mass is 9.78. The summed E-state index contributed by atoms with van der Waals surface area (Å²) in [5, 5.41) is 9.45. The number of amides is 1. The van der Waals surface area contributed by atoms with E-state index in [-0.39, 0.29) is 17.7 Å². The van der Waals surface area contributed by atoms with Crippen LogP contribution in [-0.2, 0) is 9.53 Å². The van der Waals surface area contributed by atoms with Crippen LogP contribution < -0.4 is 21.7 Å². The maximum absolute atomic E-state index is 12.4. The Hall–Kier alpha value is -1.80. The summed E-state index contributed by atoms with van der Waals surface area (Å²) in [5.74, 6) is -0.119. The van der Waals surface area contributed by atoms with Crippen molar-refractivity contribution in [3.05, 3.63) is 35.4 Å². The molecule has 1 amide bonds. The van der Waals surface area contributed by atoms with Gasteiger partial charge in [-0.3, -0.25) is 9.59 Å². The highest BCUT2D eigenvalue weighted by molar-refractivity contribution is 5.99. The van der Waals surface area contributed by atoms with Gasteiger partial charge in [-0.05, 0) is 71.3 Å². The number of carbonyl (C=O) groups excluding carboxylic acids is 2. The van der Waals surface area contributed by atoms with Crippen molar-refractivity contribution in [1.29, 1.82) is 0 Å². The summed E-state index contributed by atoms with van der Waals surface area (Å²) in [4.78, 5) is 24.4. The first-order valence-corrected chi connectivity index (χ1v) is 11.8. The number of benzene rings is 1. The van der Waals surface area contributed by atoms with Gasteiger partial charge in [-0.25, -0.2) is 0 Å². The summed E-state index contributed by atoms with van der Waals surface area (Å²) in [6.07, 6.45) is 5.76. The second-order valence-electron chi connectivity index (χ2n) is 8.80. The number of ketones is 1. The molecule has 0 spiro atoms. The van der Waals surface area contributed by atoms with Gasteiger partial charge in [-0.15, -0.1) is 0 Å². The van der Waals surface area contributed by atoms with Gasteiger partial charge >= 0.3 is 0 Å². The molecular weight excluding hydrogens is 404 g/mol. The SMILES string of the molecule is CC(=O)C1(NC(=O)c2ccc(C(C)N)cc2)CCCCC1.CNCCC(C)NCCOC.